The van der Waals surface area contributed by atoms with Crippen LogP contribution in [0, 0.1) is 0 Å². The Hall–Kier alpha value is -1.48. The third kappa shape index (κ3) is 4.56. The topological polar surface area (TPSA) is 0 Å². The van der Waals surface area contributed by atoms with Crippen molar-refractivity contribution < 1.29 is 0 Å². The van der Waals surface area contributed by atoms with Crippen molar-refractivity contribution in [2.45, 2.75) is 49.8 Å². The molecule has 2 heterocycles. The SMILES string of the molecule is c1ccc(C[C@H]2CCC[P@]2c2ccccc2[P@]2CCC[C@@H]2Cc2ccccc2)cc1. The summed E-state index contributed by atoms with van der Waals surface area (Å²) in [6.07, 6.45) is 11.1. The van der Waals surface area contributed by atoms with Gasteiger partial charge in [-0.3, -0.25) is 0 Å². The largest absolute Gasteiger partial charge is 0.0711 e. The first-order valence-electron chi connectivity index (χ1n) is 11.6. The van der Waals surface area contributed by atoms with Gasteiger partial charge < -0.3 is 0 Å². The fraction of sp³-hybridized carbons (Fsp3) is 0.357. The summed E-state index contributed by atoms with van der Waals surface area (Å²) in [6, 6.07) is 32.1. The lowest BCUT2D eigenvalue weighted by Crippen LogP contribution is -2.28. The molecule has 0 aromatic heterocycles. The van der Waals surface area contributed by atoms with Gasteiger partial charge in [0.1, 0.15) is 0 Å². The van der Waals surface area contributed by atoms with E-state index in [0.29, 0.717) is 0 Å². The zero-order valence-corrected chi connectivity index (χ0v) is 19.6. The van der Waals surface area contributed by atoms with Crippen LogP contribution < -0.4 is 10.6 Å². The summed E-state index contributed by atoms with van der Waals surface area (Å²) in [6.45, 7) is 0. The molecule has 2 heteroatoms. The standard InChI is InChI=1S/C28H32P2/c1-3-11-23(12-4-1)21-25-15-9-19-29(25)27-17-7-8-18-28(27)30-20-10-16-26(30)22-24-13-5-2-6-14-24/h1-8,11-14,17-18,25-26H,9-10,15-16,19-22H2/t25-,26-,29-,30+/m1/s1. The van der Waals surface area contributed by atoms with E-state index in [-0.39, 0.29) is 15.8 Å². The summed E-state index contributed by atoms with van der Waals surface area (Å²) >= 11 is 0. The number of hydrogen-bond acceptors (Lipinski definition) is 0. The Morgan fingerprint density at radius 1 is 0.533 bits per heavy atom. The maximum absolute atomic E-state index is 2.52. The molecule has 2 aliphatic rings. The maximum atomic E-state index is 2.52. The van der Waals surface area contributed by atoms with Crippen LogP contribution in [0.1, 0.15) is 36.8 Å². The summed E-state index contributed by atoms with van der Waals surface area (Å²) in [5, 5.41) is 3.55. The molecule has 154 valence electrons. The summed E-state index contributed by atoms with van der Waals surface area (Å²) in [5.74, 6) is 0. The molecular weight excluding hydrogens is 398 g/mol. The van der Waals surface area contributed by atoms with Crippen molar-refractivity contribution in [3.63, 3.8) is 0 Å². The molecule has 3 aromatic rings. The van der Waals surface area contributed by atoms with Crippen molar-refractivity contribution in [1.29, 1.82) is 0 Å². The molecule has 5 rings (SSSR count). The van der Waals surface area contributed by atoms with Gasteiger partial charge in [0, 0.05) is 0 Å². The Balaban J connectivity index is 1.39. The van der Waals surface area contributed by atoms with Gasteiger partial charge in [-0.1, -0.05) is 101 Å². The molecule has 0 nitrogen and oxygen atoms in total. The van der Waals surface area contributed by atoms with Crippen LogP contribution in [0.3, 0.4) is 0 Å². The normalized spacial score (nSPS) is 26.1. The van der Waals surface area contributed by atoms with Crippen LogP contribution in [0.5, 0.6) is 0 Å². The van der Waals surface area contributed by atoms with Gasteiger partial charge in [0.2, 0.25) is 0 Å². The van der Waals surface area contributed by atoms with E-state index in [1.165, 1.54) is 62.0 Å². The Morgan fingerprint density at radius 3 is 1.37 bits per heavy atom. The zero-order valence-electron chi connectivity index (χ0n) is 17.8. The first-order valence-corrected chi connectivity index (χ1v) is 14.8. The lowest BCUT2D eigenvalue weighted by atomic mass is 10.1. The van der Waals surface area contributed by atoms with Crippen LogP contribution in [0.4, 0.5) is 0 Å². The predicted molar refractivity (Wildman–Crippen MR) is 136 cm³/mol. The first-order chi connectivity index (χ1) is 14.9. The summed E-state index contributed by atoms with van der Waals surface area (Å²) in [7, 11) is -0.0527. The lowest BCUT2D eigenvalue weighted by Gasteiger charge is -2.28. The van der Waals surface area contributed by atoms with Gasteiger partial charge in [0.25, 0.3) is 0 Å². The Morgan fingerprint density at radius 2 is 0.933 bits per heavy atom. The molecule has 0 amide bonds. The highest BCUT2D eigenvalue weighted by molar-refractivity contribution is 7.73. The van der Waals surface area contributed by atoms with E-state index in [4.69, 9.17) is 0 Å². The molecule has 3 aromatic carbocycles. The van der Waals surface area contributed by atoms with E-state index in [9.17, 15) is 0 Å². The predicted octanol–water partition coefficient (Wildman–Crippen LogP) is 6.71. The maximum Gasteiger partial charge on any atom is -0.0128 e. The second-order valence-electron chi connectivity index (χ2n) is 8.85. The molecule has 0 unspecified atom stereocenters. The average molecular weight is 431 g/mol. The second-order valence-corrected chi connectivity index (χ2v) is 14.0. The van der Waals surface area contributed by atoms with Crippen molar-refractivity contribution in [2.24, 2.45) is 0 Å². The van der Waals surface area contributed by atoms with Crippen LogP contribution in [0.15, 0.2) is 84.9 Å². The van der Waals surface area contributed by atoms with E-state index in [1.54, 1.807) is 10.6 Å². The molecular formula is C28H32P2. The van der Waals surface area contributed by atoms with Crippen molar-refractivity contribution in [3.8, 4) is 0 Å². The summed E-state index contributed by atoms with van der Waals surface area (Å²) in [4.78, 5) is 0. The average Bonchev–Trinajstić information content (AvgIpc) is 3.45. The van der Waals surface area contributed by atoms with Crippen molar-refractivity contribution in [2.75, 3.05) is 12.3 Å². The van der Waals surface area contributed by atoms with E-state index < -0.39 is 0 Å². The van der Waals surface area contributed by atoms with Crippen LogP contribution in [0.25, 0.3) is 0 Å². The van der Waals surface area contributed by atoms with Gasteiger partial charge in [-0.25, -0.2) is 0 Å². The molecule has 30 heavy (non-hydrogen) atoms. The Bertz CT molecular complexity index is 859. The Labute approximate surface area is 184 Å². The summed E-state index contributed by atoms with van der Waals surface area (Å²) < 4.78 is 0. The molecule has 0 N–H and O–H groups in total. The highest BCUT2D eigenvalue weighted by atomic mass is 31.1. The smallest absolute Gasteiger partial charge is 0.0128 e. The molecule has 2 saturated heterocycles. The van der Waals surface area contributed by atoms with Crippen LogP contribution >= 0.6 is 15.8 Å². The van der Waals surface area contributed by atoms with Gasteiger partial charge in [0.05, 0.1) is 0 Å². The number of rotatable bonds is 6. The second kappa shape index (κ2) is 9.77. The number of hydrogen-bond donors (Lipinski definition) is 0. The van der Waals surface area contributed by atoms with E-state index >= 15 is 0 Å². The third-order valence-electron chi connectivity index (χ3n) is 6.88. The minimum atomic E-state index is -0.0263. The molecule has 0 radical (unpaired) electrons. The molecule has 2 fully saturated rings. The lowest BCUT2D eigenvalue weighted by molar-refractivity contribution is 0.774. The van der Waals surface area contributed by atoms with Crippen molar-refractivity contribution in [1.82, 2.24) is 0 Å². The minimum absolute atomic E-state index is 0.0263. The molecule has 0 spiro atoms. The fourth-order valence-electron chi connectivity index (χ4n) is 5.45. The molecule has 2 aliphatic heterocycles. The Kier molecular flexibility index (Phi) is 6.65. The molecule has 0 bridgehead atoms. The molecule has 0 saturated carbocycles. The first kappa shape index (κ1) is 20.4. The van der Waals surface area contributed by atoms with Gasteiger partial charge in [-0.05, 0) is 83.9 Å². The van der Waals surface area contributed by atoms with Crippen LogP contribution in [-0.4, -0.2) is 23.6 Å². The minimum Gasteiger partial charge on any atom is -0.0711 e. The highest BCUT2D eigenvalue weighted by Crippen LogP contribution is 2.55. The van der Waals surface area contributed by atoms with Gasteiger partial charge in [-0.2, -0.15) is 0 Å². The van der Waals surface area contributed by atoms with Gasteiger partial charge in [-0.15, -0.1) is 0 Å². The third-order valence-corrected chi connectivity index (χ3v) is 13.3. The highest BCUT2D eigenvalue weighted by Gasteiger charge is 2.34. The van der Waals surface area contributed by atoms with E-state index in [1.807, 2.05) is 0 Å². The van der Waals surface area contributed by atoms with E-state index in [2.05, 4.69) is 84.9 Å². The van der Waals surface area contributed by atoms with Gasteiger partial charge >= 0.3 is 0 Å². The quantitative estimate of drug-likeness (QED) is 0.381. The zero-order chi connectivity index (χ0) is 20.2. The summed E-state index contributed by atoms with van der Waals surface area (Å²) in [5.41, 5.74) is 4.80. The fourth-order valence-corrected chi connectivity index (χ4v) is 12.4. The van der Waals surface area contributed by atoms with Gasteiger partial charge in [0.15, 0.2) is 0 Å². The number of benzene rings is 3. The monoisotopic (exact) mass is 430 g/mol. The van der Waals surface area contributed by atoms with Crippen molar-refractivity contribution >= 4 is 26.5 Å². The molecule has 4 atom stereocenters. The van der Waals surface area contributed by atoms with Crippen LogP contribution in [-0.2, 0) is 12.8 Å². The van der Waals surface area contributed by atoms with Crippen LogP contribution in [0.2, 0.25) is 0 Å². The molecule has 0 aliphatic carbocycles. The van der Waals surface area contributed by atoms with E-state index in [0.717, 1.165) is 11.3 Å². The van der Waals surface area contributed by atoms with Crippen molar-refractivity contribution in [3.05, 3.63) is 96.1 Å².